The van der Waals surface area contributed by atoms with Gasteiger partial charge >= 0.3 is 35.2 Å². The molecule has 0 aromatic heterocycles. The van der Waals surface area contributed by atoms with E-state index in [-0.39, 0.29) is 0 Å². The number of hydrogen-bond donors (Lipinski definition) is 0. The standard InChI is InChI=1S/C46H112O14Si9/c1-21-56-57-35-27-26-30-38-61(11,12)36-28-24-22-23-25-29-37-62(13,14)39-31-46-69(58-63(15,16)40-32-43-66(47-2,48-3)49-4,59-64(17,18)41-33-44-67(50-5,51-6)52-7)60-65(19,20)42-34-45-68(53-8,54-9)55-10/h21-46H2,1-20H3. The molecular weight excluding hydrogens is 1030 g/mol. The van der Waals surface area contributed by atoms with Crippen molar-refractivity contribution in [3.05, 3.63) is 0 Å². The SMILES string of the molecule is CCOOCCCCC[Si](C)(C)CCCCCCCC[Si](C)(C)CCC[Si](O[Si](C)(C)CCC[Si](OC)(OC)OC)(O[Si](C)(C)CCC[Si](OC)(OC)OC)O[Si](C)(C)CCC[Si](OC)(OC)OC. The van der Waals surface area contributed by atoms with Crippen LogP contribution < -0.4 is 0 Å². The lowest BCUT2D eigenvalue weighted by Gasteiger charge is -2.45. The molecule has 0 saturated carbocycles. The molecule has 0 rings (SSSR count). The van der Waals surface area contributed by atoms with Crippen LogP contribution in [0.1, 0.15) is 90.4 Å². The molecule has 0 radical (unpaired) electrons. The van der Waals surface area contributed by atoms with Crippen molar-refractivity contribution in [2.75, 3.05) is 77.2 Å². The number of rotatable bonds is 48. The normalized spacial score (nSPS) is 14.1. The zero-order valence-electron chi connectivity index (χ0n) is 48.6. The highest BCUT2D eigenvalue weighted by atomic mass is 28.5. The summed E-state index contributed by atoms with van der Waals surface area (Å²) in [6, 6.07) is 11.3. The minimum atomic E-state index is -3.30. The molecule has 0 heterocycles. The Labute approximate surface area is 435 Å². The molecule has 0 saturated heterocycles. The number of hydrogen-bond acceptors (Lipinski definition) is 14. The van der Waals surface area contributed by atoms with Crippen molar-refractivity contribution >= 4 is 76.3 Å². The largest absolute Gasteiger partial charge is 0.500 e. The van der Waals surface area contributed by atoms with Crippen molar-refractivity contribution in [1.29, 1.82) is 0 Å². The van der Waals surface area contributed by atoms with Crippen LogP contribution in [0.5, 0.6) is 0 Å². The molecule has 0 fully saturated rings. The van der Waals surface area contributed by atoms with Gasteiger partial charge in [-0.15, -0.1) is 0 Å². The second-order valence-corrected chi connectivity index (χ2v) is 58.9. The maximum Gasteiger partial charge on any atom is 0.500 e. The fraction of sp³-hybridized carbons (Fsp3) is 1.00. The van der Waals surface area contributed by atoms with E-state index in [1.54, 1.807) is 64.0 Å². The molecule has 0 aliphatic carbocycles. The highest BCUT2D eigenvalue weighted by molar-refractivity contribution is 6.91. The highest BCUT2D eigenvalue weighted by Gasteiger charge is 2.53. The second-order valence-electron chi connectivity index (χ2n) is 22.6. The lowest BCUT2D eigenvalue weighted by Crippen LogP contribution is -2.62. The van der Waals surface area contributed by atoms with Crippen LogP contribution in [0.2, 0.25) is 132 Å². The van der Waals surface area contributed by atoms with E-state index in [9.17, 15) is 0 Å². The molecule has 0 spiro atoms. The second kappa shape index (κ2) is 35.7. The van der Waals surface area contributed by atoms with Gasteiger partial charge in [-0.3, -0.25) is 0 Å². The smallest absolute Gasteiger partial charge is 0.417 e. The first-order valence-corrected chi connectivity index (χ1v) is 50.5. The first-order valence-electron chi connectivity index (χ1n) is 26.6. The van der Waals surface area contributed by atoms with Crippen LogP contribution in [-0.2, 0) is 62.0 Å². The van der Waals surface area contributed by atoms with Crippen molar-refractivity contribution < 1.29 is 62.0 Å². The van der Waals surface area contributed by atoms with Crippen LogP contribution in [0.25, 0.3) is 0 Å². The summed E-state index contributed by atoms with van der Waals surface area (Å²) in [5.41, 5.74) is 0. The van der Waals surface area contributed by atoms with E-state index in [0.717, 1.165) is 74.4 Å². The first kappa shape index (κ1) is 70.4. The summed E-state index contributed by atoms with van der Waals surface area (Å²) >= 11 is 0. The molecule has 0 aromatic rings. The summed E-state index contributed by atoms with van der Waals surface area (Å²) in [7, 11) is -6.07. The van der Waals surface area contributed by atoms with Crippen LogP contribution in [-0.4, -0.2) is 154 Å². The van der Waals surface area contributed by atoms with Gasteiger partial charge in [0.25, 0.3) is 0 Å². The van der Waals surface area contributed by atoms with Gasteiger partial charge in [-0.2, -0.15) is 0 Å². The average Bonchev–Trinajstić information content (AvgIpc) is 3.28. The van der Waals surface area contributed by atoms with Crippen LogP contribution >= 0.6 is 0 Å². The van der Waals surface area contributed by atoms with Crippen molar-refractivity contribution in [1.82, 2.24) is 0 Å². The molecule has 0 N–H and O–H groups in total. The van der Waals surface area contributed by atoms with Crippen LogP contribution in [0.4, 0.5) is 0 Å². The molecule has 69 heavy (non-hydrogen) atoms. The third kappa shape index (κ3) is 30.7. The van der Waals surface area contributed by atoms with Crippen LogP contribution in [0.15, 0.2) is 0 Å². The first-order chi connectivity index (χ1) is 32.3. The zero-order chi connectivity index (χ0) is 52.8. The lowest BCUT2D eigenvalue weighted by molar-refractivity contribution is -0.291. The van der Waals surface area contributed by atoms with Gasteiger partial charge in [0.2, 0.25) is 0 Å². The van der Waals surface area contributed by atoms with Crippen LogP contribution in [0, 0.1) is 0 Å². The van der Waals surface area contributed by atoms with E-state index in [1.165, 1.54) is 75.5 Å². The van der Waals surface area contributed by atoms with E-state index in [4.69, 9.17) is 62.0 Å². The molecular formula is C46H112O14Si9. The van der Waals surface area contributed by atoms with Crippen molar-refractivity contribution in [2.24, 2.45) is 0 Å². The van der Waals surface area contributed by atoms with E-state index < -0.39 is 76.3 Å². The summed E-state index contributed by atoms with van der Waals surface area (Å²) in [6.07, 6.45) is 15.5. The van der Waals surface area contributed by atoms with Crippen molar-refractivity contribution in [3.63, 3.8) is 0 Å². The van der Waals surface area contributed by atoms with Crippen LogP contribution in [0.3, 0.4) is 0 Å². The Balaban J connectivity index is 6.24. The summed E-state index contributed by atoms with van der Waals surface area (Å²) in [4.78, 5) is 10.2. The number of unbranched alkanes of at least 4 members (excludes halogenated alkanes) is 7. The summed E-state index contributed by atoms with van der Waals surface area (Å²) in [5.74, 6) is 0. The summed E-state index contributed by atoms with van der Waals surface area (Å²) in [5, 5.41) is 0. The van der Waals surface area contributed by atoms with Gasteiger partial charge in [0.1, 0.15) is 0 Å². The predicted octanol–water partition coefficient (Wildman–Crippen LogP) is 13.7. The molecule has 0 unspecified atom stereocenters. The fourth-order valence-corrected chi connectivity index (χ4v) is 39.2. The molecule has 14 nitrogen and oxygen atoms in total. The lowest BCUT2D eigenvalue weighted by atomic mass is 10.1. The predicted molar refractivity (Wildman–Crippen MR) is 307 cm³/mol. The highest BCUT2D eigenvalue weighted by Crippen LogP contribution is 2.38. The summed E-state index contributed by atoms with van der Waals surface area (Å²) in [6.45, 7) is 27.7. The Bertz CT molecular complexity index is 1160. The van der Waals surface area contributed by atoms with E-state index >= 15 is 0 Å². The monoisotopic (exact) mass is 1140 g/mol. The average molecular weight is 1140 g/mol. The Morgan fingerprint density at radius 2 is 0.493 bits per heavy atom. The Morgan fingerprint density at radius 1 is 0.246 bits per heavy atom. The van der Waals surface area contributed by atoms with Gasteiger partial charge in [-0.25, -0.2) is 9.78 Å². The molecule has 0 atom stereocenters. The molecule has 0 bridgehead atoms. The fourth-order valence-electron chi connectivity index (χ4n) is 9.52. The molecule has 0 aromatic carbocycles. The molecule has 0 amide bonds. The van der Waals surface area contributed by atoms with Gasteiger partial charge < -0.3 is 52.2 Å². The maximum atomic E-state index is 7.73. The molecule has 0 aliphatic rings. The minimum Gasteiger partial charge on any atom is -0.417 e. The minimum absolute atomic E-state index is 0.619. The molecule has 416 valence electrons. The van der Waals surface area contributed by atoms with E-state index in [1.807, 2.05) is 6.92 Å². The quantitative estimate of drug-likeness (QED) is 0.0248. The van der Waals surface area contributed by atoms with Gasteiger partial charge in [-0.1, -0.05) is 108 Å². The molecule has 0 aliphatic heterocycles. The topological polar surface area (TPSA) is 129 Å². The van der Waals surface area contributed by atoms with Gasteiger partial charge in [-0.05, 0) is 90.0 Å². The Hall–Kier alpha value is 1.39. The van der Waals surface area contributed by atoms with Gasteiger partial charge in [0.05, 0.1) is 13.2 Å². The maximum absolute atomic E-state index is 7.73. The van der Waals surface area contributed by atoms with Gasteiger partial charge in [0, 0.05) is 104 Å². The molecule has 23 heteroatoms. The Morgan fingerprint density at radius 3 is 0.783 bits per heavy atom. The third-order valence-corrected chi connectivity index (χ3v) is 45.3. The zero-order valence-corrected chi connectivity index (χ0v) is 57.6. The third-order valence-electron chi connectivity index (χ3n) is 14.0. The van der Waals surface area contributed by atoms with E-state index in [0.29, 0.717) is 13.2 Å². The Kier molecular flexibility index (Phi) is 36.4. The van der Waals surface area contributed by atoms with E-state index in [2.05, 4.69) is 65.5 Å². The van der Waals surface area contributed by atoms with Crippen molar-refractivity contribution in [2.45, 2.75) is 222 Å². The van der Waals surface area contributed by atoms with Crippen molar-refractivity contribution in [3.8, 4) is 0 Å². The summed E-state index contributed by atoms with van der Waals surface area (Å²) < 4.78 is 75.6. The van der Waals surface area contributed by atoms with Gasteiger partial charge in [0.15, 0.2) is 25.0 Å².